The second-order valence-electron chi connectivity index (χ2n) is 7.38. The second-order valence-corrected chi connectivity index (χ2v) is 7.38. The summed E-state index contributed by atoms with van der Waals surface area (Å²) in [6.07, 6.45) is 7.62. The van der Waals surface area contributed by atoms with Crippen molar-refractivity contribution in [3.8, 4) is 0 Å². The third-order valence-corrected chi connectivity index (χ3v) is 5.64. The monoisotopic (exact) mass is 470 g/mol. The number of nitrogens with zero attached hydrogens (tertiary/aromatic N) is 2. The molecule has 5 nitrogen and oxygen atoms in total. The summed E-state index contributed by atoms with van der Waals surface area (Å²) in [7, 11) is 1.80. The number of likely N-dealkylation sites (tertiary alicyclic amines) is 1. The molecule has 1 saturated heterocycles. The number of rotatable bonds is 4. The predicted molar refractivity (Wildman–Crippen MR) is 118 cm³/mol. The van der Waals surface area contributed by atoms with Crippen molar-refractivity contribution in [2.45, 2.75) is 45.4 Å². The molecule has 1 aromatic carbocycles. The van der Waals surface area contributed by atoms with Gasteiger partial charge in [0.15, 0.2) is 5.96 Å². The first kappa shape index (κ1) is 21.0. The lowest BCUT2D eigenvalue weighted by atomic mass is 9.86. The minimum absolute atomic E-state index is 0. The highest BCUT2D eigenvalue weighted by Crippen LogP contribution is 2.45. The molecule has 1 aromatic rings. The Hall–Kier alpha value is -1.31. The highest BCUT2D eigenvalue weighted by molar-refractivity contribution is 14.0. The average molecular weight is 470 g/mol. The van der Waals surface area contributed by atoms with Crippen LogP contribution in [-0.2, 0) is 11.2 Å². The molecule has 1 heterocycles. The maximum atomic E-state index is 12.2. The lowest BCUT2D eigenvalue weighted by Crippen LogP contribution is -2.44. The molecular formula is C20H31IN4O. The van der Waals surface area contributed by atoms with E-state index < -0.39 is 0 Å². The Bertz CT molecular complexity index is 640. The molecule has 6 heteroatoms. The third-order valence-electron chi connectivity index (χ3n) is 5.64. The summed E-state index contributed by atoms with van der Waals surface area (Å²) in [6, 6.07) is 8.00. The zero-order chi connectivity index (χ0) is 17.7. The molecule has 2 aliphatic rings. The van der Waals surface area contributed by atoms with Gasteiger partial charge in [-0.2, -0.15) is 0 Å². The number of carbonyl (C=O) groups is 1. The van der Waals surface area contributed by atoms with E-state index in [-0.39, 0.29) is 36.4 Å². The van der Waals surface area contributed by atoms with Gasteiger partial charge in [0.2, 0.25) is 5.91 Å². The smallest absolute Gasteiger partial charge is 0.243 e. The SMILES string of the molecule is CCc1cccc(NC(=O)CNC(=NC)N2CCC3(CCCC3)C2)c1.I. The lowest BCUT2D eigenvalue weighted by molar-refractivity contribution is -0.115. The molecule has 1 saturated carbocycles. The molecule has 2 N–H and O–H groups in total. The lowest BCUT2D eigenvalue weighted by Gasteiger charge is -2.25. The van der Waals surface area contributed by atoms with E-state index in [1.165, 1.54) is 37.7 Å². The molecule has 1 aliphatic carbocycles. The zero-order valence-electron chi connectivity index (χ0n) is 15.9. The summed E-state index contributed by atoms with van der Waals surface area (Å²) in [6.45, 7) is 4.47. The van der Waals surface area contributed by atoms with Crippen LogP contribution in [0.1, 0.15) is 44.6 Å². The molecule has 1 aliphatic heterocycles. The van der Waals surface area contributed by atoms with Gasteiger partial charge >= 0.3 is 0 Å². The molecule has 144 valence electrons. The summed E-state index contributed by atoms with van der Waals surface area (Å²) < 4.78 is 0. The van der Waals surface area contributed by atoms with Crippen molar-refractivity contribution in [1.29, 1.82) is 0 Å². The number of hydrogen-bond acceptors (Lipinski definition) is 2. The fourth-order valence-electron chi connectivity index (χ4n) is 4.21. The number of guanidine groups is 1. The summed E-state index contributed by atoms with van der Waals surface area (Å²) >= 11 is 0. The molecule has 0 aromatic heterocycles. The van der Waals surface area contributed by atoms with E-state index in [1.54, 1.807) is 7.05 Å². The average Bonchev–Trinajstić information content (AvgIpc) is 3.26. The molecule has 0 radical (unpaired) electrons. The number of aryl methyl sites for hydroxylation is 1. The highest BCUT2D eigenvalue weighted by atomic mass is 127. The maximum absolute atomic E-state index is 12.2. The fourth-order valence-corrected chi connectivity index (χ4v) is 4.21. The number of halogens is 1. The van der Waals surface area contributed by atoms with E-state index in [0.29, 0.717) is 5.41 Å². The second kappa shape index (κ2) is 9.58. The van der Waals surface area contributed by atoms with E-state index in [9.17, 15) is 4.79 Å². The molecule has 0 atom stereocenters. The Balaban J connectivity index is 0.00000243. The number of anilines is 1. The van der Waals surface area contributed by atoms with Crippen LogP contribution in [0.4, 0.5) is 5.69 Å². The van der Waals surface area contributed by atoms with Gasteiger partial charge in [-0.05, 0) is 48.8 Å². The number of hydrogen-bond donors (Lipinski definition) is 2. The van der Waals surface area contributed by atoms with E-state index in [1.807, 2.05) is 18.2 Å². The van der Waals surface area contributed by atoms with Gasteiger partial charge in [0.05, 0.1) is 6.54 Å². The van der Waals surface area contributed by atoms with Crippen molar-refractivity contribution < 1.29 is 4.79 Å². The predicted octanol–water partition coefficient (Wildman–Crippen LogP) is 3.65. The number of benzene rings is 1. The minimum Gasteiger partial charge on any atom is -0.347 e. The molecule has 1 amide bonds. The van der Waals surface area contributed by atoms with Crippen LogP contribution < -0.4 is 10.6 Å². The number of aliphatic imine (C=N–C) groups is 1. The molecule has 3 rings (SSSR count). The Kier molecular flexibility index (Phi) is 7.73. The van der Waals surface area contributed by atoms with E-state index >= 15 is 0 Å². The Morgan fingerprint density at radius 2 is 2.04 bits per heavy atom. The fraction of sp³-hybridized carbons (Fsp3) is 0.600. The topological polar surface area (TPSA) is 56.7 Å². The van der Waals surface area contributed by atoms with Crippen molar-refractivity contribution in [1.82, 2.24) is 10.2 Å². The molecule has 2 fully saturated rings. The van der Waals surface area contributed by atoms with E-state index in [4.69, 9.17) is 0 Å². The van der Waals surface area contributed by atoms with Gasteiger partial charge < -0.3 is 15.5 Å². The van der Waals surface area contributed by atoms with Crippen molar-refractivity contribution in [2.75, 3.05) is 32.0 Å². The van der Waals surface area contributed by atoms with Crippen LogP contribution in [0.15, 0.2) is 29.3 Å². The third kappa shape index (κ3) is 5.11. The van der Waals surface area contributed by atoms with Gasteiger partial charge in [-0.1, -0.05) is 31.9 Å². The van der Waals surface area contributed by atoms with Crippen LogP contribution in [-0.4, -0.2) is 43.4 Å². The molecule has 0 bridgehead atoms. The summed E-state index contributed by atoms with van der Waals surface area (Å²) in [5, 5.41) is 6.19. The van der Waals surface area contributed by atoms with Crippen LogP contribution >= 0.6 is 24.0 Å². The van der Waals surface area contributed by atoms with Gasteiger partial charge in [0.1, 0.15) is 0 Å². The van der Waals surface area contributed by atoms with Crippen LogP contribution in [0.25, 0.3) is 0 Å². The van der Waals surface area contributed by atoms with Gasteiger partial charge in [0, 0.05) is 25.8 Å². The van der Waals surface area contributed by atoms with Crippen molar-refractivity contribution in [3.05, 3.63) is 29.8 Å². The quantitative estimate of drug-likeness (QED) is 0.402. The molecule has 0 unspecified atom stereocenters. The number of carbonyl (C=O) groups excluding carboxylic acids is 1. The van der Waals surface area contributed by atoms with Crippen LogP contribution in [0.2, 0.25) is 0 Å². The minimum atomic E-state index is -0.0378. The molecule has 26 heavy (non-hydrogen) atoms. The standard InChI is InChI=1S/C20H30N4O.HI/c1-3-16-7-6-8-17(13-16)23-18(25)14-22-19(21-2)24-12-11-20(15-24)9-4-5-10-20;/h6-8,13H,3-5,9-12,14-15H2,1-2H3,(H,21,22)(H,23,25);1H. The van der Waals surface area contributed by atoms with Crippen molar-refractivity contribution >= 4 is 41.5 Å². The van der Waals surface area contributed by atoms with E-state index in [0.717, 1.165) is 31.2 Å². The Morgan fingerprint density at radius 1 is 1.27 bits per heavy atom. The Morgan fingerprint density at radius 3 is 2.73 bits per heavy atom. The maximum Gasteiger partial charge on any atom is 0.243 e. The normalized spacial score (nSPS) is 18.7. The first-order valence-electron chi connectivity index (χ1n) is 9.48. The summed E-state index contributed by atoms with van der Waals surface area (Å²) in [5.41, 5.74) is 2.58. The Labute approximate surface area is 174 Å². The van der Waals surface area contributed by atoms with Crippen molar-refractivity contribution in [2.24, 2.45) is 10.4 Å². The van der Waals surface area contributed by atoms with Gasteiger partial charge in [0.25, 0.3) is 0 Å². The summed E-state index contributed by atoms with van der Waals surface area (Å²) in [5.74, 6) is 0.811. The summed E-state index contributed by atoms with van der Waals surface area (Å²) in [4.78, 5) is 18.9. The molecular weight excluding hydrogens is 439 g/mol. The highest BCUT2D eigenvalue weighted by Gasteiger charge is 2.41. The van der Waals surface area contributed by atoms with Crippen LogP contribution in [0.5, 0.6) is 0 Å². The van der Waals surface area contributed by atoms with Crippen molar-refractivity contribution in [3.63, 3.8) is 0 Å². The number of nitrogens with one attached hydrogen (secondary N) is 2. The first-order valence-corrected chi connectivity index (χ1v) is 9.48. The van der Waals surface area contributed by atoms with Gasteiger partial charge in [-0.25, -0.2) is 0 Å². The first-order chi connectivity index (χ1) is 12.1. The molecule has 1 spiro atoms. The largest absolute Gasteiger partial charge is 0.347 e. The zero-order valence-corrected chi connectivity index (χ0v) is 18.2. The van der Waals surface area contributed by atoms with Crippen LogP contribution in [0.3, 0.4) is 0 Å². The van der Waals surface area contributed by atoms with Gasteiger partial charge in [-0.3, -0.25) is 9.79 Å². The van der Waals surface area contributed by atoms with E-state index in [2.05, 4.69) is 33.5 Å². The van der Waals surface area contributed by atoms with Crippen LogP contribution in [0, 0.1) is 5.41 Å². The van der Waals surface area contributed by atoms with Gasteiger partial charge in [-0.15, -0.1) is 24.0 Å². The number of amides is 1.